The maximum absolute atomic E-state index is 9.42. The SMILES string of the molecule is Cc1nccc(-c2noc(-c3cccc(O)c3)n2)n1. The summed E-state index contributed by atoms with van der Waals surface area (Å²) >= 11 is 0. The third-order valence-electron chi connectivity index (χ3n) is 2.52. The predicted octanol–water partition coefficient (Wildman–Crippen LogP) is 2.21. The molecule has 0 spiro atoms. The Morgan fingerprint density at radius 3 is 2.84 bits per heavy atom. The maximum atomic E-state index is 9.42. The van der Waals surface area contributed by atoms with Crippen LogP contribution in [0.5, 0.6) is 5.75 Å². The lowest BCUT2D eigenvalue weighted by Crippen LogP contribution is -1.91. The Hall–Kier alpha value is -2.76. The van der Waals surface area contributed by atoms with Gasteiger partial charge in [0.1, 0.15) is 17.3 Å². The smallest absolute Gasteiger partial charge is 0.258 e. The van der Waals surface area contributed by atoms with E-state index in [1.54, 1.807) is 43.5 Å². The summed E-state index contributed by atoms with van der Waals surface area (Å²) in [7, 11) is 0. The zero-order valence-corrected chi connectivity index (χ0v) is 10.1. The summed E-state index contributed by atoms with van der Waals surface area (Å²) < 4.78 is 5.17. The van der Waals surface area contributed by atoms with Crippen molar-refractivity contribution in [3.8, 4) is 28.7 Å². The van der Waals surface area contributed by atoms with E-state index in [-0.39, 0.29) is 5.75 Å². The highest BCUT2D eigenvalue weighted by atomic mass is 16.5. The number of phenolic OH excluding ortho intramolecular Hbond substituents is 1. The van der Waals surface area contributed by atoms with Gasteiger partial charge >= 0.3 is 0 Å². The van der Waals surface area contributed by atoms with E-state index >= 15 is 0 Å². The van der Waals surface area contributed by atoms with Crippen LogP contribution in [-0.4, -0.2) is 25.2 Å². The summed E-state index contributed by atoms with van der Waals surface area (Å²) in [5, 5.41) is 13.3. The first-order chi connectivity index (χ1) is 9.22. The first-order valence-electron chi connectivity index (χ1n) is 5.65. The second kappa shape index (κ2) is 4.49. The Morgan fingerprint density at radius 1 is 1.16 bits per heavy atom. The number of hydrogen-bond donors (Lipinski definition) is 1. The largest absolute Gasteiger partial charge is 0.508 e. The van der Waals surface area contributed by atoms with Crippen molar-refractivity contribution in [3.05, 3.63) is 42.4 Å². The summed E-state index contributed by atoms with van der Waals surface area (Å²) in [5.74, 6) is 1.52. The number of aromatic nitrogens is 4. The second-order valence-electron chi connectivity index (χ2n) is 3.96. The monoisotopic (exact) mass is 254 g/mol. The molecule has 19 heavy (non-hydrogen) atoms. The Balaban J connectivity index is 2.00. The van der Waals surface area contributed by atoms with Gasteiger partial charge in [-0.2, -0.15) is 4.98 Å². The summed E-state index contributed by atoms with van der Waals surface area (Å²) in [6, 6.07) is 8.34. The fraction of sp³-hybridized carbons (Fsp3) is 0.0769. The minimum Gasteiger partial charge on any atom is -0.508 e. The standard InChI is InChI=1S/C13H10N4O2/c1-8-14-6-5-11(15-8)12-16-13(19-17-12)9-3-2-4-10(18)7-9/h2-7,18H,1H3. The van der Waals surface area contributed by atoms with E-state index in [1.165, 1.54) is 0 Å². The van der Waals surface area contributed by atoms with Crippen LogP contribution in [0.15, 0.2) is 41.1 Å². The number of aromatic hydroxyl groups is 1. The fourth-order valence-electron chi connectivity index (χ4n) is 1.66. The van der Waals surface area contributed by atoms with Gasteiger partial charge in [-0.05, 0) is 31.2 Å². The molecule has 0 saturated heterocycles. The third-order valence-corrected chi connectivity index (χ3v) is 2.52. The van der Waals surface area contributed by atoms with E-state index in [2.05, 4.69) is 20.1 Å². The van der Waals surface area contributed by atoms with Gasteiger partial charge in [-0.3, -0.25) is 0 Å². The highest BCUT2D eigenvalue weighted by molar-refractivity contribution is 5.58. The third kappa shape index (κ3) is 2.28. The number of aryl methyl sites for hydroxylation is 1. The van der Waals surface area contributed by atoms with E-state index < -0.39 is 0 Å². The number of nitrogens with zero attached hydrogens (tertiary/aromatic N) is 4. The summed E-state index contributed by atoms with van der Waals surface area (Å²) in [4.78, 5) is 12.5. The number of phenols is 1. The highest BCUT2D eigenvalue weighted by Gasteiger charge is 2.12. The molecule has 6 heteroatoms. The first kappa shape index (κ1) is 11.3. The predicted molar refractivity (Wildman–Crippen MR) is 67.2 cm³/mol. The van der Waals surface area contributed by atoms with Crippen molar-refractivity contribution < 1.29 is 9.63 Å². The molecule has 0 aliphatic rings. The minimum atomic E-state index is 0.148. The average molecular weight is 254 g/mol. The van der Waals surface area contributed by atoms with E-state index in [0.717, 1.165) is 0 Å². The molecule has 0 amide bonds. The van der Waals surface area contributed by atoms with E-state index in [1.807, 2.05) is 0 Å². The zero-order chi connectivity index (χ0) is 13.2. The molecule has 3 rings (SSSR count). The Labute approximate surface area is 108 Å². The van der Waals surface area contributed by atoms with Gasteiger partial charge in [-0.15, -0.1) is 0 Å². The van der Waals surface area contributed by atoms with Gasteiger partial charge in [0.15, 0.2) is 0 Å². The number of rotatable bonds is 2. The van der Waals surface area contributed by atoms with Crippen molar-refractivity contribution in [1.82, 2.24) is 20.1 Å². The van der Waals surface area contributed by atoms with Crippen LogP contribution in [0.1, 0.15) is 5.82 Å². The van der Waals surface area contributed by atoms with Gasteiger partial charge in [0.25, 0.3) is 5.89 Å². The van der Waals surface area contributed by atoms with Crippen LogP contribution in [0.3, 0.4) is 0 Å². The lowest BCUT2D eigenvalue weighted by Gasteiger charge is -1.95. The lowest BCUT2D eigenvalue weighted by atomic mass is 10.2. The fourth-order valence-corrected chi connectivity index (χ4v) is 1.66. The first-order valence-corrected chi connectivity index (χ1v) is 5.65. The molecule has 2 heterocycles. The quantitative estimate of drug-likeness (QED) is 0.754. The Bertz CT molecular complexity index is 664. The van der Waals surface area contributed by atoms with Crippen molar-refractivity contribution in [2.45, 2.75) is 6.92 Å². The molecule has 0 fully saturated rings. The molecule has 0 aliphatic carbocycles. The van der Waals surface area contributed by atoms with Crippen molar-refractivity contribution in [2.75, 3.05) is 0 Å². The van der Waals surface area contributed by atoms with Crippen molar-refractivity contribution >= 4 is 0 Å². The average Bonchev–Trinajstić information content (AvgIpc) is 2.88. The van der Waals surface area contributed by atoms with Crippen molar-refractivity contribution in [1.29, 1.82) is 0 Å². The van der Waals surface area contributed by atoms with Crippen LogP contribution in [0, 0.1) is 6.92 Å². The summed E-state index contributed by atoms with van der Waals surface area (Å²) in [5.41, 5.74) is 1.26. The molecule has 0 radical (unpaired) electrons. The molecule has 0 bridgehead atoms. The maximum Gasteiger partial charge on any atom is 0.258 e. The molecule has 94 valence electrons. The van der Waals surface area contributed by atoms with Crippen LogP contribution in [-0.2, 0) is 0 Å². The number of hydrogen-bond acceptors (Lipinski definition) is 6. The number of benzene rings is 1. The summed E-state index contributed by atoms with van der Waals surface area (Å²) in [6.45, 7) is 1.79. The van der Waals surface area contributed by atoms with Gasteiger partial charge < -0.3 is 9.63 Å². The Morgan fingerprint density at radius 2 is 2.05 bits per heavy atom. The molecule has 1 N–H and O–H groups in total. The second-order valence-corrected chi connectivity index (χ2v) is 3.96. The molecule has 0 aliphatic heterocycles. The van der Waals surface area contributed by atoms with E-state index in [0.29, 0.717) is 28.8 Å². The van der Waals surface area contributed by atoms with Gasteiger partial charge in [0.05, 0.1) is 0 Å². The van der Waals surface area contributed by atoms with Crippen LogP contribution in [0.2, 0.25) is 0 Å². The Kier molecular flexibility index (Phi) is 2.68. The normalized spacial score (nSPS) is 10.6. The molecule has 3 aromatic rings. The van der Waals surface area contributed by atoms with Crippen LogP contribution >= 0.6 is 0 Å². The zero-order valence-electron chi connectivity index (χ0n) is 10.1. The van der Waals surface area contributed by atoms with Crippen LogP contribution in [0.25, 0.3) is 23.0 Å². The van der Waals surface area contributed by atoms with Crippen LogP contribution in [0.4, 0.5) is 0 Å². The van der Waals surface area contributed by atoms with Crippen LogP contribution < -0.4 is 0 Å². The lowest BCUT2D eigenvalue weighted by molar-refractivity contribution is 0.431. The van der Waals surface area contributed by atoms with Gasteiger partial charge in [0.2, 0.25) is 5.82 Å². The van der Waals surface area contributed by atoms with E-state index in [4.69, 9.17) is 4.52 Å². The van der Waals surface area contributed by atoms with E-state index in [9.17, 15) is 5.11 Å². The van der Waals surface area contributed by atoms with Gasteiger partial charge in [0, 0.05) is 11.8 Å². The molecular weight excluding hydrogens is 244 g/mol. The molecular formula is C13H10N4O2. The molecule has 0 atom stereocenters. The van der Waals surface area contributed by atoms with Gasteiger partial charge in [-0.25, -0.2) is 9.97 Å². The highest BCUT2D eigenvalue weighted by Crippen LogP contribution is 2.23. The summed E-state index contributed by atoms with van der Waals surface area (Å²) in [6.07, 6.45) is 1.64. The molecule has 6 nitrogen and oxygen atoms in total. The topological polar surface area (TPSA) is 84.9 Å². The molecule has 1 aromatic carbocycles. The molecule has 0 saturated carbocycles. The van der Waals surface area contributed by atoms with Crippen molar-refractivity contribution in [3.63, 3.8) is 0 Å². The van der Waals surface area contributed by atoms with Gasteiger partial charge in [-0.1, -0.05) is 11.2 Å². The molecule has 2 aromatic heterocycles. The molecule has 0 unspecified atom stereocenters. The van der Waals surface area contributed by atoms with Crippen molar-refractivity contribution in [2.24, 2.45) is 0 Å². The minimum absolute atomic E-state index is 0.148.